The second-order valence-corrected chi connectivity index (χ2v) is 8.19. The third-order valence-corrected chi connectivity index (χ3v) is 5.73. The first-order valence-electron chi connectivity index (χ1n) is 8.35. The maximum Gasteiger partial charge on any atom is 0.251 e. The highest BCUT2D eigenvalue weighted by atomic mass is 35.5. The van der Waals surface area contributed by atoms with E-state index in [1.807, 2.05) is 19.9 Å². The van der Waals surface area contributed by atoms with Gasteiger partial charge < -0.3 is 10.6 Å². The van der Waals surface area contributed by atoms with Crippen LogP contribution in [-0.4, -0.2) is 30.2 Å². The molecule has 1 saturated heterocycles. The number of amides is 2. The zero-order chi connectivity index (χ0) is 17.9. The highest BCUT2D eigenvalue weighted by Crippen LogP contribution is 2.29. The van der Waals surface area contributed by atoms with E-state index in [0.717, 1.165) is 22.6 Å². The number of thioether (sulfide) groups is 1. The lowest BCUT2D eigenvalue weighted by atomic mass is 9.84. The van der Waals surface area contributed by atoms with Gasteiger partial charge in [-0.1, -0.05) is 25.4 Å². The van der Waals surface area contributed by atoms with Gasteiger partial charge in [0, 0.05) is 28.1 Å². The molecular weight excluding hydrogens is 344 g/mol. The Morgan fingerprint density at radius 3 is 2.75 bits per heavy atom. The van der Waals surface area contributed by atoms with Crippen LogP contribution in [-0.2, 0) is 4.79 Å². The molecule has 3 unspecified atom stereocenters. The van der Waals surface area contributed by atoms with Crippen molar-refractivity contribution in [3.8, 4) is 0 Å². The van der Waals surface area contributed by atoms with E-state index < -0.39 is 0 Å². The fourth-order valence-electron chi connectivity index (χ4n) is 3.18. The fraction of sp³-hybridized carbons (Fsp3) is 0.556. The van der Waals surface area contributed by atoms with Gasteiger partial charge in [-0.25, -0.2) is 0 Å². The fourth-order valence-corrected chi connectivity index (χ4v) is 4.31. The second kappa shape index (κ2) is 8.26. The Labute approximate surface area is 153 Å². The molecule has 1 aliphatic heterocycles. The van der Waals surface area contributed by atoms with Crippen molar-refractivity contribution in [3.63, 3.8) is 0 Å². The van der Waals surface area contributed by atoms with E-state index in [-0.39, 0.29) is 29.7 Å². The van der Waals surface area contributed by atoms with Crippen molar-refractivity contribution in [1.82, 2.24) is 10.6 Å². The molecule has 2 amide bonds. The number of piperidine rings is 1. The van der Waals surface area contributed by atoms with Crippen LogP contribution in [0.5, 0.6) is 0 Å². The van der Waals surface area contributed by atoms with Gasteiger partial charge in [-0.05, 0) is 49.6 Å². The highest BCUT2D eigenvalue weighted by molar-refractivity contribution is 7.99. The van der Waals surface area contributed by atoms with Gasteiger partial charge in [-0.15, -0.1) is 11.8 Å². The van der Waals surface area contributed by atoms with Gasteiger partial charge in [0.1, 0.15) is 0 Å². The standard InChI is InChI=1S/C18H25ClN2O2S/c1-5-24-16-8-13(19)7-14(12(16)4)17(22)20-9-15-10(2)6-11(3)21-18(15)23/h7-8,10-11,15H,5-6,9H2,1-4H3,(H,20,22)(H,21,23). The number of carbonyl (C=O) groups excluding carboxylic acids is 2. The summed E-state index contributed by atoms with van der Waals surface area (Å²) >= 11 is 7.82. The molecule has 0 aromatic heterocycles. The lowest BCUT2D eigenvalue weighted by molar-refractivity contribution is -0.129. The van der Waals surface area contributed by atoms with E-state index in [0.29, 0.717) is 17.1 Å². The molecule has 1 fully saturated rings. The van der Waals surface area contributed by atoms with Crippen molar-refractivity contribution in [1.29, 1.82) is 0 Å². The Balaban J connectivity index is 2.09. The van der Waals surface area contributed by atoms with Crippen LogP contribution in [0, 0.1) is 18.8 Å². The monoisotopic (exact) mass is 368 g/mol. The first-order chi connectivity index (χ1) is 11.3. The predicted molar refractivity (Wildman–Crippen MR) is 99.8 cm³/mol. The smallest absolute Gasteiger partial charge is 0.251 e. The molecular formula is C18H25ClN2O2S. The van der Waals surface area contributed by atoms with Crippen molar-refractivity contribution < 1.29 is 9.59 Å². The van der Waals surface area contributed by atoms with Crippen LogP contribution in [0.25, 0.3) is 0 Å². The van der Waals surface area contributed by atoms with Gasteiger partial charge in [0.2, 0.25) is 5.91 Å². The van der Waals surface area contributed by atoms with Crippen LogP contribution in [0.4, 0.5) is 0 Å². The Kier molecular flexibility index (Phi) is 6.58. The van der Waals surface area contributed by atoms with Crippen LogP contribution in [0.15, 0.2) is 17.0 Å². The summed E-state index contributed by atoms with van der Waals surface area (Å²) in [6.07, 6.45) is 0.930. The largest absolute Gasteiger partial charge is 0.353 e. The van der Waals surface area contributed by atoms with Gasteiger partial charge in [0.25, 0.3) is 5.91 Å². The zero-order valence-electron chi connectivity index (χ0n) is 14.6. The molecule has 0 bridgehead atoms. The van der Waals surface area contributed by atoms with Crippen LogP contribution < -0.4 is 10.6 Å². The Morgan fingerprint density at radius 2 is 2.12 bits per heavy atom. The highest BCUT2D eigenvalue weighted by Gasteiger charge is 2.32. The van der Waals surface area contributed by atoms with Crippen LogP contribution in [0.3, 0.4) is 0 Å². The number of hydrogen-bond acceptors (Lipinski definition) is 3. The van der Waals surface area contributed by atoms with Gasteiger partial charge in [0.15, 0.2) is 0 Å². The molecule has 1 aromatic rings. The summed E-state index contributed by atoms with van der Waals surface area (Å²) in [5.41, 5.74) is 1.51. The maximum absolute atomic E-state index is 12.6. The molecule has 6 heteroatoms. The van der Waals surface area contributed by atoms with Crippen LogP contribution in [0.2, 0.25) is 5.02 Å². The minimum atomic E-state index is -0.186. The second-order valence-electron chi connectivity index (χ2n) is 6.45. The summed E-state index contributed by atoms with van der Waals surface area (Å²) in [7, 11) is 0. The summed E-state index contributed by atoms with van der Waals surface area (Å²) in [6, 6.07) is 3.78. The molecule has 2 rings (SSSR count). The molecule has 132 valence electrons. The summed E-state index contributed by atoms with van der Waals surface area (Å²) < 4.78 is 0. The number of carbonyl (C=O) groups is 2. The average molecular weight is 369 g/mol. The Hall–Kier alpha value is -1.20. The summed E-state index contributed by atoms with van der Waals surface area (Å²) in [5.74, 6) is 0.827. The van der Waals surface area contributed by atoms with E-state index >= 15 is 0 Å². The summed E-state index contributed by atoms with van der Waals surface area (Å²) in [4.78, 5) is 25.7. The lowest BCUT2D eigenvalue weighted by Gasteiger charge is -2.32. The van der Waals surface area contributed by atoms with Crippen molar-refractivity contribution in [2.24, 2.45) is 11.8 Å². The van der Waals surface area contributed by atoms with Gasteiger partial charge in [-0.2, -0.15) is 0 Å². The third kappa shape index (κ3) is 4.45. The minimum absolute atomic E-state index is 0.0200. The number of halogens is 1. The van der Waals surface area contributed by atoms with E-state index in [1.165, 1.54) is 0 Å². The number of hydrogen-bond donors (Lipinski definition) is 2. The number of nitrogens with one attached hydrogen (secondary N) is 2. The Morgan fingerprint density at radius 1 is 1.42 bits per heavy atom. The predicted octanol–water partition coefficient (Wildman–Crippen LogP) is 3.65. The normalized spacial score (nSPS) is 23.7. The minimum Gasteiger partial charge on any atom is -0.353 e. The molecule has 1 heterocycles. The van der Waals surface area contributed by atoms with Gasteiger partial charge >= 0.3 is 0 Å². The van der Waals surface area contributed by atoms with Gasteiger partial charge in [-0.3, -0.25) is 9.59 Å². The Bertz CT molecular complexity index is 636. The molecule has 2 N–H and O–H groups in total. The average Bonchev–Trinajstić information content (AvgIpc) is 2.49. The molecule has 0 radical (unpaired) electrons. The van der Waals surface area contributed by atoms with Gasteiger partial charge in [0.05, 0.1) is 5.92 Å². The molecule has 1 aromatic carbocycles. The molecule has 3 atom stereocenters. The first kappa shape index (κ1) is 19.1. The quantitative estimate of drug-likeness (QED) is 0.780. The molecule has 0 aliphatic carbocycles. The third-order valence-electron chi connectivity index (χ3n) is 4.49. The topological polar surface area (TPSA) is 58.2 Å². The van der Waals surface area contributed by atoms with E-state index in [9.17, 15) is 9.59 Å². The molecule has 0 saturated carbocycles. The molecule has 1 aliphatic rings. The summed E-state index contributed by atoms with van der Waals surface area (Å²) in [5, 5.41) is 6.42. The van der Waals surface area contributed by atoms with Crippen LogP contribution >= 0.6 is 23.4 Å². The van der Waals surface area contributed by atoms with Crippen molar-refractivity contribution in [2.75, 3.05) is 12.3 Å². The van der Waals surface area contributed by atoms with Crippen molar-refractivity contribution in [3.05, 3.63) is 28.3 Å². The van der Waals surface area contributed by atoms with Crippen LogP contribution in [0.1, 0.15) is 43.1 Å². The van der Waals surface area contributed by atoms with E-state index in [4.69, 9.17) is 11.6 Å². The van der Waals surface area contributed by atoms with Crippen molar-refractivity contribution >= 4 is 35.2 Å². The van der Waals surface area contributed by atoms with E-state index in [2.05, 4.69) is 24.5 Å². The number of benzene rings is 1. The molecule has 0 spiro atoms. The maximum atomic E-state index is 12.6. The summed E-state index contributed by atoms with van der Waals surface area (Å²) in [6.45, 7) is 8.41. The SMILES string of the molecule is CCSc1cc(Cl)cc(C(=O)NCC2C(=O)NC(C)CC2C)c1C. The van der Waals surface area contributed by atoms with Crippen molar-refractivity contribution in [2.45, 2.75) is 45.1 Å². The molecule has 4 nitrogen and oxygen atoms in total. The number of rotatable bonds is 5. The van der Waals surface area contributed by atoms with E-state index in [1.54, 1.807) is 17.8 Å². The zero-order valence-corrected chi connectivity index (χ0v) is 16.2. The first-order valence-corrected chi connectivity index (χ1v) is 9.71. The molecule has 24 heavy (non-hydrogen) atoms. The lowest BCUT2D eigenvalue weighted by Crippen LogP contribution is -2.50.